The van der Waals surface area contributed by atoms with Crippen molar-refractivity contribution in [2.24, 2.45) is 0 Å². The van der Waals surface area contributed by atoms with Crippen molar-refractivity contribution < 1.29 is 23.7 Å². The van der Waals surface area contributed by atoms with Gasteiger partial charge >= 0.3 is 0 Å². The second-order valence-corrected chi connectivity index (χ2v) is 7.59. The first-order valence-corrected chi connectivity index (χ1v) is 10.1. The topological polar surface area (TPSA) is 64.3 Å². The SMILES string of the molecule is Cc1ccc(CN(Cc2ccc3c(c2)OCO3)C[C@@H](O)COCc2ccco2)cc1. The molecule has 1 aliphatic rings. The first-order chi connectivity index (χ1) is 14.7. The number of rotatable bonds is 10. The molecule has 0 radical (unpaired) electrons. The summed E-state index contributed by atoms with van der Waals surface area (Å²) >= 11 is 0. The number of aryl methyl sites for hydroxylation is 1. The molecule has 2 aromatic carbocycles. The molecule has 0 fully saturated rings. The number of aliphatic hydroxyl groups excluding tert-OH is 1. The summed E-state index contributed by atoms with van der Waals surface area (Å²) in [6.45, 7) is 4.83. The van der Waals surface area contributed by atoms with Crippen LogP contribution in [-0.2, 0) is 24.4 Å². The maximum absolute atomic E-state index is 10.6. The smallest absolute Gasteiger partial charge is 0.231 e. The van der Waals surface area contributed by atoms with Gasteiger partial charge in [0.15, 0.2) is 11.5 Å². The molecular formula is C24H27NO5. The van der Waals surface area contributed by atoms with Gasteiger partial charge in [0.05, 0.1) is 19.0 Å². The van der Waals surface area contributed by atoms with Gasteiger partial charge in [0.25, 0.3) is 0 Å². The highest BCUT2D eigenvalue weighted by Gasteiger charge is 2.17. The predicted molar refractivity (Wildman–Crippen MR) is 112 cm³/mol. The van der Waals surface area contributed by atoms with Crippen molar-refractivity contribution >= 4 is 0 Å². The van der Waals surface area contributed by atoms with Crippen LogP contribution in [0.3, 0.4) is 0 Å². The highest BCUT2D eigenvalue weighted by atomic mass is 16.7. The van der Waals surface area contributed by atoms with E-state index in [2.05, 4.69) is 36.1 Å². The lowest BCUT2D eigenvalue weighted by Crippen LogP contribution is -2.34. The standard InChI is InChI=1S/C24H27NO5/c1-18-4-6-19(7-5-18)12-25(13-20-8-9-23-24(11-20)30-17-29-23)14-21(26)15-27-16-22-3-2-10-28-22/h2-11,21,26H,12-17H2,1H3/t21-/m1/s1. The molecule has 1 atom stereocenters. The van der Waals surface area contributed by atoms with Crippen LogP contribution in [0.2, 0.25) is 0 Å². The van der Waals surface area contributed by atoms with E-state index in [-0.39, 0.29) is 13.4 Å². The van der Waals surface area contributed by atoms with Crippen LogP contribution in [0.1, 0.15) is 22.5 Å². The lowest BCUT2D eigenvalue weighted by atomic mass is 10.1. The number of hydrogen-bond acceptors (Lipinski definition) is 6. The molecule has 0 spiro atoms. The molecule has 6 heteroatoms. The van der Waals surface area contributed by atoms with E-state index >= 15 is 0 Å². The summed E-state index contributed by atoms with van der Waals surface area (Å²) in [4.78, 5) is 2.21. The molecule has 0 unspecified atom stereocenters. The Morgan fingerprint density at radius 1 is 1.00 bits per heavy atom. The molecule has 0 amide bonds. The first kappa shape index (κ1) is 20.5. The summed E-state index contributed by atoms with van der Waals surface area (Å²) in [5.74, 6) is 2.29. The molecule has 1 aromatic heterocycles. The summed E-state index contributed by atoms with van der Waals surface area (Å²) in [5, 5.41) is 10.6. The lowest BCUT2D eigenvalue weighted by molar-refractivity contribution is 0.00253. The molecular weight excluding hydrogens is 382 g/mol. The number of aliphatic hydroxyl groups is 1. The lowest BCUT2D eigenvalue weighted by Gasteiger charge is -2.25. The van der Waals surface area contributed by atoms with Crippen LogP contribution in [0.4, 0.5) is 0 Å². The minimum absolute atomic E-state index is 0.242. The van der Waals surface area contributed by atoms with Gasteiger partial charge in [-0.15, -0.1) is 0 Å². The van der Waals surface area contributed by atoms with Crippen LogP contribution >= 0.6 is 0 Å². The maximum atomic E-state index is 10.6. The Labute approximate surface area is 176 Å². The fourth-order valence-corrected chi connectivity index (χ4v) is 3.48. The van der Waals surface area contributed by atoms with Gasteiger partial charge in [0, 0.05) is 19.6 Å². The van der Waals surface area contributed by atoms with Gasteiger partial charge in [-0.3, -0.25) is 4.90 Å². The van der Waals surface area contributed by atoms with E-state index in [1.54, 1.807) is 6.26 Å². The average molecular weight is 409 g/mol. The summed E-state index contributed by atoms with van der Waals surface area (Å²) in [7, 11) is 0. The molecule has 158 valence electrons. The van der Waals surface area contributed by atoms with Crippen LogP contribution in [0.15, 0.2) is 65.3 Å². The third kappa shape index (κ3) is 5.63. The zero-order valence-corrected chi connectivity index (χ0v) is 17.1. The van der Waals surface area contributed by atoms with Gasteiger partial charge in [0.1, 0.15) is 12.4 Å². The fraction of sp³-hybridized carbons (Fsp3) is 0.333. The van der Waals surface area contributed by atoms with E-state index in [1.807, 2.05) is 30.3 Å². The molecule has 6 nitrogen and oxygen atoms in total. The maximum Gasteiger partial charge on any atom is 0.231 e. The Bertz CT molecular complexity index is 923. The van der Waals surface area contributed by atoms with Crippen molar-refractivity contribution in [3.63, 3.8) is 0 Å². The van der Waals surface area contributed by atoms with E-state index in [9.17, 15) is 5.11 Å². The van der Waals surface area contributed by atoms with E-state index in [1.165, 1.54) is 11.1 Å². The van der Waals surface area contributed by atoms with Gasteiger partial charge in [-0.25, -0.2) is 0 Å². The largest absolute Gasteiger partial charge is 0.467 e. The molecule has 4 rings (SSSR count). The molecule has 1 aliphatic heterocycles. The minimum Gasteiger partial charge on any atom is -0.467 e. The predicted octanol–water partition coefficient (Wildman–Crippen LogP) is 3.90. The molecule has 0 saturated heterocycles. The normalized spacial score (nSPS) is 13.7. The van der Waals surface area contributed by atoms with Crippen LogP contribution in [-0.4, -0.2) is 36.1 Å². The van der Waals surface area contributed by atoms with E-state index < -0.39 is 6.10 Å². The summed E-state index contributed by atoms with van der Waals surface area (Å²) in [5.41, 5.74) is 3.53. The van der Waals surface area contributed by atoms with Gasteiger partial charge in [-0.2, -0.15) is 0 Å². The Hall–Kier alpha value is -2.80. The molecule has 30 heavy (non-hydrogen) atoms. The summed E-state index contributed by atoms with van der Waals surface area (Å²) in [6.07, 6.45) is 1.00. The number of furan rings is 1. The zero-order valence-electron chi connectivity index (χ0n) is 17.1. The first-order valence-electron chi connectivity index (χ1n) is 10.1. The van der Waals surface area contributed by atoms with Crippen LogP contribution < -0.4 is 9.47 Å². The van der Waals surface area contributed by atoms with Crippen molar-refractivity contribution in [3.8, 4) is 11.5 Å². The third-order valence-electron chi connectivity index (χ3n) is 4.97. The number of nitrogens with zero attached hydrogens (tertiary/aromatic N) is 1. The Morgan fingerprint density at radius 2 is 1.77 bits per heavy atom. The van der Waals surface area contributed by atoms with E-state index in [4.69, 9.17) is 18.6 Å². The highest BCUT2D eigenvalue weighted by molar-refractivity contribution is 5.44. The number of benzene rings is 2. The highest BCUT2D eigenvalue weighted by Crippen LogP contribution is 2.33. The quantitative estimate of drug-likeness (QED) is 0.548. The molecule has 2 heterocycles. The monoisotopic (exact) mass is 409 g/mol. The van der Waals surface area contributed by atoms with E-state index in [0.29, 0.717) is 19.7 Å². The Morgan fingerprint density at radius 3 is 2.57 bits per heavy atom. The van der Waals surface area contributed by atoms with Gasteiger partial charge in [-0.05, 0) is 42.3 Å². The molecule has 1 N–H and O–H groups in total. The minimum atomic E-state index is -0.612. The second-order valence-electron chi connectivity index (χ2n) is 7.59. The van der Waals surface area contributed by atoms with Gasteiger partial charge in [0.2, 0.25) is 6.79 Å². The van der Waals surface area contributed by atoms with Gasteiger partial charge in [-0.1, -0.05) is 35.9 Å². The van der Waals surface area contributed by atoms with Crippen LogP contribution in [0.25, 0.3) is 0 Å². The average Bonchev–Trinajstić information content (AvgIpc) is 3.41. The zero-order chi connectivity index (χ0) is 20.8. The van der Waals surface area contributed by atoms with Crippen molar-refractivity contribution in [1.29, 1.82) is 0 Å². The molecule has 0 saturated carbocycles. The Balaban J connectivity index is 1.38. The second kappa shape index (κ2) is 9.80. The van der Waals surface area contributed by atoms with Gasteiger partial charge < -0.3 is 23.7 Å². The van der Waals surface area contributed by atoms with E-state index in [0.717, 1.165) is 29.4 Å². The number of fused-ring (bicyclic) bond motifs is 1. The molecule has 0 aliphatic carbocycles. The molecule has 0 bridgehead atoms. The van der Waals surface area contributed by atoms with Crippen LogP contribution in [0.5, 0.6) is 11.5 Å². The Kier molecular flexibility index (Phi) is 6.69. The summed E-state index contributed by atoms with van der Waals surface area (Å²) in [6, 6.07) is 18.1. The number of ether oxygens (including phenoxy) is 3. The van der Waals surface area contributed by atoms with Crippen LogP contribution in [0, 0.1) is 6.92 Å². The fourth-order valence-electron chi connectivity index (χ4n) is 3.48. The van der Waals surface area contributed by atoms with Crippen molar-refractivity contribution in [2.45, 2.75) is 32.7 Å². The number of hydrogen-bond donors (Lipinski definition) is 1. The van der Waals surface area contributed by atoms with Crippen molar-refractivity contribution in [3.05, 3.63) is 83.3 Å². The van der Waals surface area contributed by atoms with Crippen molar-refractivity contribution in [2.75, 3.05) is 19.9 Å². The third-order valence-corrected chi connectivity index (χ3v) is 4.97. The molecule has 3 aromatic rings. The van der Waals surface area contributed by atoms with Crippen molar-refractivity contribution in [1.82, 2.24) is 4.90 Å². The summed E-state index contributed by atoms with van der Waals surface area (Å²) < 4.78 is 21.8.